The number of nitrogens with zero attached hydrogens (tertiary/aromatic N) is 8. The van der Waals surface area contributed by atoms with E-state index in [1.165, 1.54) is 34.3 Å². The molecule has 432 valence electrons. The summed E-state index contributed by atoms with van der Waals surface area (Å²) in [6, 6.07) is 2.57. The molecule has 17 N–H and O–H groups in total. The van der Waals surface area contributed by atoms with Gasteiger partial charge in [0.25, 0.3) is 11.1 Å². The highest BCUT2D eigenvalue weighted by Gasteiger charge is 2.50. The Kier molecular flexibility index (Phi) is 15.8. The van der Waals surface area contributed by atoms with Crippen LogP contribution in [-0.4, -0.2) is 165 Å². The summed E-state index contributed by atoms with van der Waals surface area (Å²) in [5.41, 5.74) is 20.0. The summed E-state index contributed by atoms with van der Waals surface area (Å²) in [4.78, 5) is 107. The molecule has 4 aromatic rings. The number of hydrogen-bond donors (Lipinski definition) is 13. The van der Waals surface area contributed by atoms with Gasteiger partial charge in [0.2, 0.25) is 11.9 Å². The Morgan fingerprint density at radius 2 is 0.949 bits per heavy atom. The van der Waals surface area contributed by atoms with Gasteiger partial charge in [0.05, 0.1) is 45.9 Å². The average Bonchev–Trinajstić information content (AvgIpc) is 4.42. The van der Waals surface area contributed by atoms with E-state index in [9.17, 15) is 57.8 Å². The van der Waals surface area contributed by atoms with Gasteiger partial charge < -0.3 is 87.2 Å². The molecular weight excluding hydrogens is 1130 g/mol. The maximum Gasteiger partial charge on any atom is 0.472 e. The van der Waals surface area contributed by atoms with E-state index in [-0.39, 0.29) is 79.1 Å². The van der Waals surface area contributed by atoms with Crippen LogP contribution in [0, 0.1) is 0 Å². The summed E-state index contributed by atoms with van der Waals surface area (Å²) in [6.45, 7) is -3.36. The van der Waals surface area contributed by atoms with Crippen LogP contribution < -0.4 is 65.9 Å². The van der Waals surface area contributed by atoms with Crippen molar-refractivity contribution in [2.45, 2.75) is 99.4 Å². The lowest BCUT2D eigenvalue weighted by Crippen LogP contribution is -2.36. The van der Waals surface area contributed by atoms with Crippen LogP contribution in [0.4, 0.5) is 46.5 Å². The van der Waals surface area contributed by atoms with Crippen molar-refractivity contribution in [3.63, 3.8) is 0 Å². The monoisotopic (exact) mass is 1180 g/mol. The molecule has 10 heterocycles. The van der Waals surface area contributed by atoms with Crippen molar-refractivity contribution in [2.75, 3.05) is 83.1 Å². The van der Waals surface area contributed by atoms with Crippen molar-refractivity contribution in [2.24, 2.45) is 0 Å². The normalized spacial score (nSPS) is 30.6. The van der Waals surface area contributed by atoms with Crippen molar-refractivity contribution < 1.29 is 84.7 Å². The quantitative estimate of drug-likeness (QED) is 0.0381. The first-order valence-corrected chi connectivity index (χ1v) is 28.3. The van der Waals surface area contributed by atoms with E-state index < -0.39 is 153 Å². The molecule has 4 fully saturated rings. The third kappa shape index (κ3) is 12.4. The van der Waals surface area contributed by atoms with Gasteiger partial charge >= 0.3 is 34.8 Å². The second-order valence-corrected chi connectivity index (χ2v) is 22.6. The van der Waals surface area contributed by atoms with Crippen LogP contribution in [0.2, 0.25) is 0 Å². The molecule has 15 atom stereocenters. The maximum absolute atomic E-state index is 14.0. The highest BCUT2D eigenvalue weighted by Crippen LogP contribution is 2.53. The minimum absolute atomic E-state index is 0.00268. The fraction of sp³-hybridized carbons (Fsp3) is 0.579. The number of fused-ring (bicyclic) bond motifs is 2. The van der Waals surface area contributed by atoms with Crippen molar-refractivity contribution in [1.29, 1.82) is 0 Å². The van der Waals surface area contributed by atoms with Crippen LogP contribution in [-0.2, 0) is 59.8 Å². The predicted molar refractivity (Wildman–Crippen MR) is 265 cm³/mol. The zero-order valence-corrected chi connectivity index (χ0v) is 43.4. The molecule has 6 aliphatic rings. The number of aliphatic hydroxyl groups is 2. The van der Waals surface area contributed by atoms with Gasteiger partial charge in [-0.15, -0.1) is 0 Å². The van der Waals surface area contributed by atoms with Crippen LogP contribution in [0.1, 0.15) is 38.1 Å². The van der Waals surface area contributed by atoms with Crippen LogP contribution in [0.25, 0.3) is 0 Å². The molecule has 0 spiro atoms. The number of ether oxygens (including phenoxy) is 4. The number of phosphoric acid groups is 3. The molecule has 41 heteroatoms. The molecule has 38 nitrogen and oxygen atoms in total. The van der Waals surface area contributed by atoms with Crippen LogP contribution in [0.15, 0.2) is 43.7 Å². The number of anilines is 8. The largest absolute Gasteiger partial charge is 0.472 e. The molecule has 4 aromatic heterocycles. The van der Waals surface area contributed by atoms with Crippen molar-refractivity contribution in [3.8, 4) is 0 Å². The number of aromatic nitrogens is 8. The smallest absolute Gasteiger partial charge is 0.394 e. The number of nitrogens with two attached hydrogens (primary N) is 4. The van der Waals surface area contributed by atoms with Gasteiger partial charge in [-0.2, -0.15) is 19.9 Å². The summed E-state index contributed by atoms with van der Waals surface area (Å²) in [5, 5.41) is 26.6. The topological polar surface area (TPSA) is 541 Å². The maximum atomic E-state index is 14.0. The lowest BCUT2D eigenvalue weighted by molar-refractivity contribution is -0.0578. The number of nitrogen functional groups attached to an aromatic ring is 4. The van der Waals surface area contributed by atoms with Crippen LogP contribution in [0.5, 0.6) is 0 Å². The third-order valence-corrected chi connectivity index (χ3v) is 16.2. The molecule has 0 aliphatic carbocycles. The van der Waals surface area contributed by atoms with E-state index in [1.807, 2.05) is 0 Å². The Morgan fingerprint density at radius 1 is 0.570 bits per heavy atom. The SMILES string of the molecule is Nc1ccn([C@H]2C[C@H](OP(=O)(O)OC[C@H]3O[C@@H](N4CNc5c4nc(N)[nH]c5=O)C[C@@H]3OP(=O)(O)OC[C@H]3O[C@@H](n4ccc(N)nc4=O)C[C@@H]3OP(=O)(O)OC[C@H]3O[C@@H](N4CNc5c4nc(N)[nH]c5=O)C[C@@H]3O)[C@@H](CO)O2)c(=O)n1. The average molecular weight is 1180 g/mol. The highest BCUT2D eigenvalue weighted by atomic mass is 31.2. The van der Waals surface area contributed by atoms with E-state index >= 15 is 0 Å². The molecule has 0 amide bonds. The third-order valence-electron chi connectivity index (χ3n) is 13.2. The van der Waals surface area contributed by atoms with E-state index in [2.05, 4.69) is 40.5 Å². The molecule has 0 saturated carbocycles. The summed E-state index contributed by atoms with van der Waals surface area (Å²) in [6.07, 6.45) is -14.3. The first kappa shape index (κ1) is 56.3. The van der Waals surface area contributed by atoms with Gasteiger partial charge in [-0.05, 0) is 12.1 Å². The second kappa shape index (κ2) is 22.2. The van der Waals surface area contributed by atoms with Crippen LogP contribution >= 0.6 is 23.5 Å². The van der Waals surface area contributed by atoms with Gasteiger partial charge in [-0.3, -0.25) is 55.8 Å². The Hall–Kier alpha value is -5.99. The number of rotatable bonds is 20. The number of aliphatic hydroxyl groups excluding tert-OH is 2. The molecule has 0 radical (unpaired) electrons. The lowest BCUT2D eigenvalue weighted by atomic mass is 10.2. The van der Waals surface area contributed by atoms with Gasteiger partial charge in [-0.25, -0.2) is 23.3 Å². The van der Waals surface area contributed by atoms with E-state index in [0.29, 0.717) is 0 Å². The number of nitrogens with one attached hydrogen (secondary N) is 4. The second-order valence-electron chi connectivity index (χ2n) is 18.4. The molecule has 3 unspecified atom stereocenters. The van der Waals surface area contributed by atoms with E-state index in [4.69, 9.17) is 69.0 Å². The Bertz CT molecular complexity index is 3340. The van der Waals surface area contributed by atoms with Crippen molar-refractivity contribution >= 4 is 70.0 Å². The zero-order valence-electron chi connectivity index (χ0n) is 40.7. The molecule has 6 aliphatic heterocycles. The zero-order chi connectivity index (χ0) is 56.3. The number of phosphoric ester groups is 3. The highest BCUT2D eigenvalue weighted by molar-refractivity contribution is 7.48. The fourth-order valence-electron chi connectivity index (χ4n) is 9.53. The van der Waals surface area contributed by atoms with Crippen molar-refractivity contribution in [1.82, 2.24) is 39.0 Å². The number of aromatic amines is 2. The minimum Gasteiger partial charge on any atom is -0.394 e. The first-order valence-electron chi connectivity index (χ1n) is 23.8. The molecule has 79 heavy (non-hydrogen) atoms. The van der Waals surface area contributed by atoms with Crippen LogP contribution in [0.3, 0.4) is 0 Å². The predicted octanol–water partition coefficient (Wildman–Crippen LogP) is -3.56. The van der Waals surface area contributed by atoms with Gasteiger partial charge in [0.15, 0.2) is 11.6 Å². The minimum atomic E-state index is -5.36. The molecule has 0 bridgehead atoms. The molecular formula is C38H53N16O22P3. The number of H-pyrrole nitrogens is 2. The Morgan fingerprint density at radius 3 is 1.39 bits per heavy atom. The van der Waals surface area contributed by atoms with E-state index in [0.717, 1.165) is 9.13 Å². The molecule has 0 aromatic carbocycles. The van der Waals surface area contributed by atoms with Crippen molar-refractivity contribution in [3.05, 3.63) is 66.2 Å². The van der Waals surface area contributed by atoms with E-state index in [1.54, 1.807) is 0 Å². The van der Waals surface area contributed by atoms with Gasteiger partial charge in [-0.1, -0.05) is 0 Å². The first-order chi connectivity index (χ1) is 37.4. The lowest BCUT2D eigenvalue weighted by Gasteiger charge is -2.26. The molecule has 4 saturated heterocycles. The van der Waals surface area contributed by atoms with Gasteiger partial charge in [0, 0.05) is 38.1 Å². The Balaban J connectivity index is 0.816. The summed E-state index contributed by atoms with van der Waals surface area (Å²) in [5.74, 6) is -0.509. The van der Waals surface area contributed by atoms with Gasteiger partial charge in [0.1, 0.15) is 90.6 Å². The summed E-state index contributed by atoms with van der Waals surface area (Å²) < 4.78 is 99.3. The standard InChI is InChI=1S/C38H53N16O22P3/c39-23-1-3-51(37(59)45-23)26-6-16(19(9-55)70-26)74-78(63,64)68-12-22-18(8-28(73-22)54-14-44-30-32(54)48-36(42)50-34(30)58)76-79(65,66)69-11-21-17(7-27(72-21)52-4-2-24(40)46-38(52)60)75-77(61,62)67-10-20-15(56)5-25(71-20)53-13-43-29-31(53)47-35(41)49-33(29)57/h1-4,15-22,25-28,43-44,55-56H,5-14H2,(H,61,62)(H,63,64)(H,65,66)(H2,39,45,59)(H2,40,46,60)(H3,41,47,49,57)(H3,42,48,50,58)/t15-,16-,17-,18-,19+,20+,21+,22+,25+,26+,27+,28+/m0/s1. The summed E-state index contributed by atoms with van der Waals surface area (Å²) in [7, 11) is -15.7. The fourth-order valence-corrected chi connectivity index (χ4v) is 12.4. The Labute approximate surface area is 441 Å². The number of hydrogen-bond acceptors (Lipinski definition) is 31. The molecule has 10 rings (SSSR count). The summed E-state index contributed by atoms with van der Waals surface area (Å²) >= 11 is 0.